The average Bonchev–Trinajstić information content (AvgIpc) is 2.42. The van der Waals surface area contributed by atoms with E-state index in [1.807, 2.05) is 6.07 Å². The Balaban J connectivity index is 2.68. The predicted octanol–water partition coefficient (Wildman–Crippen LogP) is 1.24. The Labute approximate surface area is 109 Å². The van der Waals surface area contributed by atoms with Gasteiger partial charge < -0.3 is 11.1 Å². The molecule has 3 nitrogen and oxygen atoms in total. The number of hydrogen-bond donors (Lipinski definition) is 2. The number of hydrogen-bond acceptors (Lipinski definition) is 2. The monoisotopic (exact) mass is 244 g/mol. The molecule has 0 aliphatic heterocycles. The van der Waals surface area contributed by atoms with Crippen LogP contribution in [0.3, 0.4) is 0 Å². The number of benzene rings is 1. The van der Waals surface area contributed by atoms with Crippen molar-refractivity contribution < 1.29 is 4.79 Å². The van der Waals surface area contributed by atoms with Crippen LogP contribution in [-0.2, 0) is 17.6 Å². The largest absolute Gasteiger partial charge is 0.344 e. The van der Waals surface area contributed by atoms with Crippen LogP contribution in [0.5, 0.6) is 0 Å². The van der Waals surface area contributed by atoms with Crippen molar-refractivity contribution in [1.82, 2.24) is 5.32 Å². The topological polar surface area (TPSA) is 55.1 Å². The first-order chi connectivity index (χ1) is 8.71. The first-order valence-corrected chi connectivity index (χ1v) is 6.28. The number of nitrogens with one attached hydrogen (secondary N) is 1. The van der Waals surface area contributed by atoms with Gasteiger partial charge >= 0.3 is 0 Å². The molecule has 18 heavy (non-hydrogen) atoms. The third kappa shape index (κ3) is 4.23. The summed E-state index contributed by atoms with van der Waals surface area (Å²) in [7, 11) is 0. The van der Waals surface area contributed by atoms with E-state index in [0.29, 0.717) is 6.54 Å². The third-order valence-corrected chi connectivity index (χ3v) is 2.76. The number of carbonyl (C=O) groups is 1. The third-order valence-electron chi connectivity index (χ3n) is 2.76. The summed E-state index contributed by atoms with van der Waals surface area (Å²) in [6.07, 6.45) is 2.06. The molecular formula is C15H20N2O. The van der Waals surface area contributed by atoms with Gasteiger partial charge in [0.1, 0.15) is 0 Å². The van der Waals surface area contributed by atoms with Crippen LogP contribution in [0.1, 0.15) is 30.5 Å². The van der Waals surface area contributed by atoms with Gasteiger partial charge in [-0.1, -0.05) is 31.8 Å². The standard InChI is InChI=1S/C15H20N2O/c1-3-13-8-7-12(10-14(13)4-2)6-5-9-17-15(18)11-16/h7-8,10H,3-4,9,11,16H2,1-2H3,(H,17,18). The number of rotatable bonds is 4. The lowest BCUT2D eigenvalue weighted by Gasteiger charge is -2.05. The molecule has 0 heterocycles. The van der Waals surface area contributed by atoms with Crippen LogP contribution >= 0.6 is 0 Å². The van der Waals surface area contributed by atoms with Gasteiger partial charge in [-0.2, -0.15) is 0 Å². The minimum atomic E-state index is -0.181. The van der Waals surface area contributed by atoms with Crippen molar-refractivity contribution >= 4 is 5.91 Å². The van der Waals surface area contributed by atoms with E-state index in [-0.39, 0.29) is 12.5 Å². The number of aryl methyl sites for hydroxylation is 2. The zero-order valence-electron chi connectivity index (χ0n) is 11.0. The molecular weight excluding hydrogens is 224 g/mol. The van der Waals surface area contributed by atoms with Gasteiger partial charge in [-0.25, -0.2) is 0 Å². The van der Waals surface area contributed by atoms with E-state index in [1.165, 1.54) is 11.1 Å². The molecule has 0 aliphatic carbocycles. The van der Waals surface area contributed by atoms with Gasteiger partial charge in [-0.15, -0.1) is 0 Å². The fourth-order valence-corrected chi connectivity index (χ4v) is 1.74. The van der Waals surface area contributed by atoms with Gasteiger partial charge in [0.25, 0.3) is 0 Å². The summed E-state index contributed by atoms with van der Waals surface area (Å²) in [6, 6.07) is 6.27. The van der Waals surface area contributed by atoms with Crippen molar-refractivity contribution in [3.8, 4) is 11.8 Å². The molecule has 0 saturated heterocycles. The fourth-order valence-electron chi connectivity index (χ4n) is 1.74. The highest BCUT2D eigenvalue weighted by Crippen LogP contribution is 2.12. The lowest BCUT2D eigenvalue weighted by molar-refractivity contribution is -0.119. The Hall–Kier alpha value is -1.79. The lowest BCUT2D eigenvalue weighted by Crippen LogP contribution is -2.30. The maximum absolute atomic E-state index is 10.9. The van der Waals surface area contributed by atoms with Crippen molar-refractivity contribution in [2.75, 3.05) is 13.1 Å². The molecule has 3 N–H and O–H groups in total. The lowest BCUT2D eigenvalue weighted by atomic mass is 10.0. The van der Waals surface area contributed by atoms with Crippen LogP contribution in [0, 0.1) is 11.8 Å². The highest BCUT2D eigenvalue weighted by Gasteiger charge is 1.99. The Morgan fingerprint density at radius 1 is 1.28 bits per heavy atom. The van der Waals surface area contributed by atoms with Crippen LogP contribution in [0.2, 0.25) is 0 Å². The zero-order valence-corrected chi connectivity index (χ0v) is 11.0. The van der Waals surface area contributed by atoms with Crippen LogP contribution in [-0.4, -0.2) is 19.0 Å². The molecule has 0 aromatic heterocycles. The fraction of sp³-hybridized carbons (Fsp3) is 0.400. The van der Waals surface area contributed by atoms with Crippen molar-refractivity contribution in [3.63, 3.8) is 0 Å². The number of amides is 1. The summed E-state index contributed by atoms with van der Waals surface area (Å²) in [5.41, 5.74) is 8.88. The van der Waals surface area contributed by atoms with Crippen LogP contribution in [0.25, 0.3) is 0 Å². The summed E-state index contributed by atoms with van der Waals surface area (Å²) >= 11 is 0. The summed E-state index contributed by atoms with van der Waals surface area (Å²) in [5.74, 6) is 5.78. The van der Waals surface area contributed by atoms with E-state index in [0.717, 1.165) is 18.4 Å². The molecule has 96 valence electrons. The summed E-state index contributed by atoms with van der Waals surface area (Å²) in [6.45, 7) is 4.65. The molecule has 0 bridgehead atoms. The first kappa shape index (κ1) is 14.3. The van der Waals surface area contributed by atoms with E-state index in [2.05, 4.69) is 43.1 Å². The van der Waals surface area contributed by atoms with Crippen LogP contribution in [0.4, 0.5) is 0 Å². The predicted molar refractivity (Wildman–Crippen MR) is 74.1 cm³/mol. The van der Waals surface area contributed by atoms with E-state index in [1.54, 1.807) is 0 Å². The Morgan fingerprint density at radius 2 is 2.00 bits per heavy atom. The van der Waals surface area contributed by atoms with E-state index < -0.39 is 0 Å². The van der Waals surface area contributed by atoms with Crippen molar-refractivity contribution in [3.05, 3.63) is 34.9 Å². The summed E-state index contributed by atoms with van der Waals surface area (Å²) in [5, 5.41) is 2.62. The Morgan fingerprint density at radius 3 is 2.61 bits per heavy atom. The minimum absolute atomic E-state index is 0.00681. The quantitative estimate of drug-likeness (QED) is 0.783. The van der Waals surface area contributed by atoms with E-state index in [4.69, 9.17) is 5.73 Å². The molecule has 0 saturated carbocycles. The highest BCUT2D eigenvalue weighted by molar-refractivity contribution is 5.77. The number of nitrogens with two attached hydrogens (primary N) is 1. The molecule has 0 fully saturated rings. The molecule has 0 spiro atoms. The van der Waals surface area contributed by atoms with E-state index >= 15 is 0 Å². The SMILES string of the molecule is CCc1ccc(C#CCNC(=O)CN)cc1CC. The summed E-state index contributed by atoms with van der Waals surface area (Å²) in [4.78, 5) is 10.9. The second-order valence-electron chi connectivity index (χ2n) is 3.97. The smallest absolute Gasteiger partial charge is 0.234 e. The van der Waals surface area contributed by atoms with E-state index in [9.17, 15) is 4.79 Å². The van der Waals surface area contributed by atoms with Crippen LogP contribution < -0.4 is 11.1 Å². The molecule has 0 radical (unpaired) electrons. The van der Waals surface area contributed by atoms with Gasteiger partial charge in [0.15, 0.2) is 0 Å². The first-order valence-electron chi connectivity index (χ1n) is 6.28. The molecule has 0 aliphatic rings. The maximum Gasteiger partial charge on any atom is 0.234 e. The Kier molecular flexibility index (Phi) is 5.96. The molecule has 1 amide bonds. The van der Waals surface area contributed by atoms with Gasteiger partial charge in [0, 0.05) is 5.56 Å². The van der Waals surface area contributed by atoms with Gasteiger partial charge in [0.2, 0.25) is 5.91 Å². The molecule has 3 heteroatoms. The molecule has 0 unspecified atom stereocenters. The molecule has 1 aromatic rings. The molecule has 1 aromatic carbocycles. The number of carbonyl (C=O) groups excluding carboxylic acids is 1. The molecule has 1 rings (SSSR count). The van der Waals surface area contributed by atoms with Crippen molar-refractivity contribution in [2.24, 2.45) is 5.73 Å². The van der Waals surface area contributed by atoms with Gasteiger partial charge in [-0.3, -0.25) is 4.79 Å². The maximum atomic E-state index is 10.9. The normalized spacial score (nSPS) is 9.50. The Bertz CT molecular complexity index is 469. The minimum Gasteiger partial charge on any atom is -0.344 e. The second kappa shape index (κ2) is 7.52. The highest BCUT2D eigenvalue weighted by atomic mass is 16.1. The zero-order chi connectivity index (χ0) is 13.4. The van der Waals surface area contributed by atoms with Crippen LogP contribution in [0.15, 0.2) is 18.2 Å². The van der Waals surface area contributed by atoms with Gasteiger partial charge in [-0.05, 0) is 36.1 Å². The van der Waals surface area contributed by atoms with Crippen molar-refractivity contribution in [2.45, 2.75) is 26.7 Å². The second-order valence-corrected chi connectivity index (χ2v) is 3.97. The summed E-state index contributed by atoms with van der Waals surface area (Å²) < 4.78 is 0. The van der Waals surface area contributed by atoms with Gasteiger partial charge in [0.05, 0.1) is 13.1 Å². The van der Waals surface area contributed by atoms with Crippen molar-refractivity contribution in [1.29, 1.82) is 0 Å². The average molecular weight is 244 g/mol. The molecule has 0 atom stereocenters.